The van der Waals surface area contributed by atoms with Crippen molar-refractivity contribution < 1.29 is 9.47 Å². The molecule has 2 heterocycles. The summed E-state index contributed by atoms with van der Waals surface area (Å²) in [4.78, 5) is 26.7. The lowest BCUT2D eigenvalue weighted by Crippen LogP contribution is -2.46. The molecule has 2 aromatic rings. The maximum absolute atomic E-state index is 12.5. The minimum atomic E-state index is -0.317. The van der Waals surface area contributed by atoms with E-state index in [-0.39, 0.29) is 11.2 Å². The maximum atomic E-state index is 12.5. The van der Waals surface area contributed by atoms with Crippen LogP contribution in [0, 0.1) is 0 Å². The first-order valence-electron chi connectivity index (χ1n) is 9.59. The molecular weight excluding hydrogens is 360 g/mol. The van der Waals surface area contributed by atoms with Gasteiger partial charge in [-0.25, -0.2) is 4.79 Å². The topological polar surface area (TPSA) is 77.7 Å². The van der Waals surface area contributed by atoms with Crippen LogP contribution in [0.15, 0.2) is 27.8 Å². The van der Waals surface area contributed by atoms with Crippen LogP contribution in [0.1, 0.15) is 25.0 Å². The zero-order chi connectivity index (χ0) is 20.3. The first-order chi connectivity index (χ1) is 13.5. The molecule has 0 saturated heterocycles. The molecule has 8 heteroatoms. The van der Waals surface area contributed by atoms with Gasteiger partial charge in [0.1, 0.15) is 5.82 Å². The average Bonchev–Trinajstić information content (AvgIpc) is 2.71. The Labute approximate surface area is 164 Å². The summed E-state index contributed by atoms with van der Waals surface area (Å²) in [5.74, 6) is 2.13. The largest absolute Gasteiger partial charge is 0.490 e. The van der Waals surface area contributed by atoms with E-state index in [1.165, 1.54) is 11.6 Å². The molecule has 0 fully saturated rings. The van der Waals surface area contributed by atoms with E-state index in [1.807, 2.05) is 32.0 Å². The lowest BCUT2D eigenvalue weighted by atomic mass is 10.1. The Morgan fingerprint density at radius 3 is 2.46 bits per heavy atom. The molecule has 0 aliphatic carbocycles. The van der Waals surface area contributed by atoms with Gasteiger partial charge in [0.15, 0.2) is 11.5 Å². The summed E-state index contributed by atoms with van der Waals surface area (Å²) in [6.45, 7) is 6.95. The van der Waals surface area contributed by atoms with Gasteiger partial charge in [0.25, 0.3) is 5.56 Å². The van der Waals surface area contributed by atoms with Gasteiger partial charge in [0, 0.05) is 27.2 Å². The molecule has 0 amide bonds. The zero-order valence-electron chi connectivity index (χ0n) is 16.9. The third-order valence-corrected chi connectivity index (χ3v) is 4.93. The van der Waals surface area contributed by atoms with Crippen molar-refractivity contribution in [3.63, 3.8) is 0 Å². The number of rotatable bonds is 7. The minimum Gasteiger partial charge on any atom is -0.490 e. The fourth-order valence-corrected chi connectivity index (χ4v) is 3.44. The van der Waals surface area contributed by atoms with Crippen molar-refractivity contribution in [1.82, 2.24) is 14.0 Å². The van der Waals surface area contributed by atoms with Crippen LogP contribution >= 0.6 is 0 Å². The van der Waals surface area contributed by atoms with Crippen LogP contribution in [0.4, 0.5) is 5.82 Å². The molecule has 1 aromatic heterocycles. The van der Waals surface area contributed by atoms with Crippen molar-refractivity contribution in [1.29, 1.82) is 0 Å². The summed E-state index contributed by atoms with van der Waals surface area (Å²) in [6, 6.07) is 6.00. The van der Waals surface area contributed by atoms with Crippen LogP contribution < -0.4 is 26.0 Å². The van der Waals surface area contributed by atoms with Gasteiger partial charge in [-0.1, -0.05) is 6.07 Å². The highest BCUT2D eigenvalue weighted by atomic mass is 16.5. The summed E-state index contributed by atoms with van der Waals surface area (Å²) in [5.41, 5.74) is 1.21. The van der Waals surface area contributed by atoms with Gasteiger partial charge < -0.3 is 14.8 Å². The van der Waals surface area contributed by atoms with Crippen molar-refractivity contribution in [2.24, 2.45) is 14.1 Å². The van der Waals surface area contributed by atoms with Crippen molar-refractivity contribution in [2.45, 2.75) is 26.8 Å². The van der Waals surface area contributed by atoms with E-state index >= 15 is 0 Å². The van der Waals surface area contributed by atoms with Gasteiger partial charge in [-0.15, -0.1) is 0 Å². The van der Waals surface area contributed by atoms with Crippen molar-refractivity contribution in [2.75, 3.05) is 31.7 Å². The summed E-state index contributed by atoms with van der Waals surface area (Å²) in [7, 11) is 3.19. The molecule has 0 bridgehead atoms. The van der Waals surface area contributed by atoms with Crippen molar-refractivity contribution in [3.8, 4) is 11.5 Å². The van der Waals surface area contributed by atoms with Crippen LogP contribution in [0.3, 0.4) is 0 Å². The predicted octanol–water partition coefficient (Wildman–Crippen LogP) is 1.31. The molecule has 152 valence electrons. The number of benzene rings is 1. The van der Waals surface area contributed by atoms with E-state index in [1.54, 1.807) is 7.05 Å². The van der Waals surface area contributed by atoms with E-state index < -0.39 is 0 Å². The number of aromatic nitrogens is 2. The Hall–Kier alpha value is -2.74. The SMILES string of the molecule is CCOc1ccc(CCN2CNc3c(c(=O)n(C)c(=O)n3C)C2)cc1OCC. The number of nitrogens with one attached hydrogen (secondary N) is 1. The van der Waals surface area contributed by atoms with Gasteiger partial charge in [0.2, 0.25) is 0 Å². The van der Waals surface area contributed by atoms with E-state index in [0.29, 0.717) is 37.8 Å². The van der Waals surface area contributed by atoms with Crippen LogP contribution in [0.25, 0.3) is 0 Å². The molecule has 28 heavy (non-hydrogen) atoms. The summed E-state index contributed by atoms with van der Waals surface area (Å²) < 4.78 is 14.0. The van der Waals surface area contributed by atoms with Gasteiger partial charge in [-0.3, -0.25) is 18.8 Å². The zero-order valence-corrected chi connectivity index (χ0v) is 16.9. The first kappa shape index (κ1) is 20.0. The molecule has 0 radical (unpaired) electrons. The Bertz CT molecular complexity index is 964. The molecule has 3 rings (SSSR count). The van der Waals surface area contributed by atoms with Gasteiger partial charge in [-0.2, -0.15) is 0 Å². The van der Waals surface area contributed by atoms with Crippen molar-refractivity contribution >= 4 is 5.82 Å². The highest BCUT2D eigenvalue weighted by molar-refractivity contribution is 5.46. The fraction of sp³-hybridized carbons (Fsp3) is 0.500. The second-order valence-electron chi connectivity index (χ2n) is 6.82. The van der Waals surface area contributed by atoms with E-state index in [0.717, 1.165) is 34.6 Å². The molecule has 1 aliphatic heterocycles. The summed E-state index contributed by atoms with van der Waals surface area (Å²) >= 11 is 0. The normalized spacial score (nSPS) is 13.7. The third kappa shape index (κ3) is 3.91. The van der Waals surface area contributed by atoms with Crippen LogP contribution in [0.2, 0.25) is 0 Å². The first-order valence-corrected chi connectivity index (χ1v) is 9.59. The number of ether oxygens (including phenoxy) is 2. The Morgan fingerprint density at radius 2 is 1.75 bits per heavy atom. The Morgan fingerprint density at radius 1 is 1.04 bits per heavy atom. The second kappa shape index (κ2) is 8.52. The van der Waals surface area contributed by atoms with Crippen LogP contribution in [0.5, 0.6) is 11.5 Å². The van der Waals surface area contributed by atoms with Crippen molar-refractivity contribution in [3.05, 3.63) is 50.2 Å². The lowest BCUT2D eigenvalue weighted by molar-refractivity contribution is 0.272. The van der Waals surface area contributed by atoms with E-state index in [9.17, 15) is 9.59 Å². The molecule has 0 atom stereocenters. The molecular formula is C20H28N4O4. The Balaban J connectivity index is 1.73. The van der Waals surface area contributed by atoms with Gasteiger partial charge in [-0.05, 0) is 38.0 Å². The number of nitrogens with zero attached hydrogens (tertiary/aromatic N) is 3. The molecule has 0 saturated carbocycles. The number of anilines is 1. The highest BCUT2D eigenvalue weighted by Gasteiger charge is 2.22. The molecule has 8 nitrogen and oxygen atoms in total. The number of fused-ring (bicyclic) bond motifs is 1. The van der Waals surface area contributed by atoms with E-state index in [4.69, 9.17) is 9.47 Å². The molecule has 1 N–H and O–H groups in total. The number of hydrogen-bond donors (Lipinski definition) is 1. The smallest absolute Gasteiger partial charge is 0.332 e. The fourth-order valence-electron chi connectivity index (χ4n) is 3.44. The summed E-state index contributed by atoms with van der Waals surface area (Å²) in [6.07, 6.45) is 0.815. The average molecular weight is 388 g/mol. The van der Waals surface area contributed by atoms with E-state index in [2.05, 4.69) is 10.2 Å². The molecule has 0 spiro atoms. The summed E-state index contributed by atoms with van der Waals surface area (Å²) in [5, 5.41) is 3.21. The third-order valence-electron chi connectivity index (χ3n) is 4.93. The minimum absolute atomic E-state index is 0.241. The second-order valence-corrected chi connectivity index (χ2v) is 6.82. The monoisotopic (exact) mass is 388 g/mol. The van der Waals surface area contributed by atoms with Crippen LogP contribution in [-0.2, 0) is 27.1 Å². The standard InChI is InChI=1S/C20H28N4O4/c1-5-27-16-8-7-14(11-17(16)28-6-2)9-10-24-12-15-18(21-13-24)22(3)20(26)23(4)19(15)25/h7-8,11,21H,5-6,9-10,12-13H2,1-4H3. The highest BCUT2D eigenvalue weighted by Crippen LogP contribution is 2.29. The quantitative estimate of drug-likeness (QED) is 0.771. The molecule has 0 unspecified atom stereocenters. The Kier molecular flexibility index (Phi) is 6.08. The lowest BCUT2D eigenvalue weighted by Gasteiger charge is -2.30. The van der Waals surface area contributed by atoms with Gasteiger partial charge >= 0.3 is 5.69 Å². The number of hydrogen-bond acceptors (Lipinski definition) is 6. The molecule has 1 aromatic carbocycles. The van der Waals surface area contributed by atoms with Crippen LogP contribution in [-0.4, -0.2) is 40.5 Å². The molecule has 1 aliphatic rings. The maximum Gasteiger partial charge on any atom is 0.332 e. The predicted molar refractivity (Wildman–Crippen MR) is 108 cm³/mol. The van der Waals surface area contributed by atoms with Gasteiger partial charge in [0.05, 0.1) is 25.4 Å².